The zero-order chi connectivity index (χ0) is 18.9. The van der Waals surface area contributed by atoms with Gasteiger partial charge in [-0.25, -0.2) is 0 Å². The lowest BCUT2D eigenvalue weighted by Crippen LogP contribution is -2.21. The summed E-state index contributed by atoms with van der Waals surface area (Å²) in [6.07, 6.45) is 0. The van der Waals surface area contributed by atoms with Crippen molar-refractivity contribution in [1.82, 2.24) is 15.1 Å². The Labute approximate surface area is 158 Å². The number of thiophene rings is 1. The van der Waals surface area contributed by atoms with Gasteiger partial charge in [0.05, 0.1) is 9.75 Å². The van der Waals surface area contributed by atoms with Crippen molar-refractivity contribution >= 4 is 28.8 Å². The normalized spacial score (nSPS) is 11.6. The summed E-state index contributed by atoms with van der Waals surface area (Å²) in [5.74, 6) is -3.22. The molecule has 1 amide bonds. The molecule has 4 nitrogen and oxygen atoms in total. The first-order valence-corrected chi connectivity index (χ1v) is 8.98. The summed E-state index contributed by atoms with van der Waals surface area (Å²) in [6, 6.07) is 11.9. The molecule has 1 aromatic carbocycles. The summed E-state index contributed by atoms with van der Waals surface area (Å²) in [4.78, 5) is 13.4. The fourth-order valence-electron chi connectivity index (χ4n) is 2.51. The van der Waals surface area contributed by atoms with Gasteiger partial charge in [0.15, 0.2) is 0 Å². The third kappa shape index (κ3) is 4.11. The number of benzene rings is 1. The van der Waals surface area contributed by atoms with Gasteiger partial charge in [-0.2, -0.15) is 13.9 Å². The number of halogens is 3. The smallest absolute Gasteiger partial charge is 0.286 e. The number of alkyl halides is 2. The maximum Gasteiger partial charge on any atom is 0.286 e. The van der Waals surface area contributed by atoms with Gasteiger partial charge < -0.3 is 5.32 Å². The lowest BCUT2D eigenvalue weighted by Gasteiger charge is -2.08. The summed E-state index contributed by atoms with van der Waals surface area (Å²) in [7, 11) is 1.47. The molecule has 136 valence electrons. The van der Waals surface area contributed by atoms with Crippen LogP contribution in [0.2, 0.25) is 5.02 Å². The first-order chi connectivity index (χ1) is 12.2. The van der Waals surface area contributed by atoms with Crippen LogP contribution in [0.1, 0.15) is 27.9 Å². The minimum absolute atomic E-state index is 0.173. The van der Waals surface area contributed by atoms with Crippen molar-refractivity contribution in [3.8, 4) is 10.6 Å². The molecule has 0 aliphatic heterocycles. The van der Waals surface area contributed by atoms with Crippen LogP contribution in [0.15, 0.2) is 42.5 Å². The van der Waals surface area contributed by atoms with Crippen LogP contribution >= 0.6 is 22.9 Å². The van der Waals surface area contributed by atoms with Gasteiger partial charge in [-0.1, -0.05) is 23.7 Å². The van der Waals surface area contributed by atoms with E-state index in [0.29, 0.717) is 27.0 Å². The molecule has 26 heavy (non-hydrogen) atoms. The van der Waals surface area contributed by atoms with Crippen LogP contribution in [0.4, 0.5) is 8.78 Å². The molecule has 0 fully saturated rings. The Balaban J connectivity index is 1.72. The topological polar surface area (TPSA) is 46.9 Å². The van der Waals surface area contributed by atoms with E-state index in [2.05, 4.69) is 10.4 Å². The predicted octanol–water partition coefficient (Wildman–Crippen LogP) is 4.84. The highest BCUT2D eigenvalue weighted by atomic mass is 35.5. The van der Waals surface area contributed by atoms with Gasteiger partial charge in [-0.3, -0.25) is 9.48 Å². The Kier molecular flexibility index (Phi) is 5.11. The quantitative estimate of drug-likeness (QED) is 0.671. The van der Waals surface area contributed by atoms with Gasteiger partial charge in [-0.05, 0) is 35.9 Å². The van der Waals surface area contributed by atoms with E-state index in [1.165, 1.54) is 24.5 Å². The number of carbonyl (C=O) groups excluding carboxylic acids is 1. The van der Waals surface area contributed by atoms with Gasteiger partial charge in [0.25, 0.3) is 11.8 Å². The minimum Gasteiger partial charge on any atom is -0.347 e. The van der Waals surface area contributed by atoms with Gasteiger partial charge in [0.2, 0.25) is 0 Å². The van der Waals surface area contributed by atoms with Gasteiger partial charge in [-0.15, -0.1) is 11.3 Å². The molecule has 0 spiro atoms. The van der Waals surface area contributed by atoms with Crippen molar-refractivity contribution in [3.05, 3.63) is 63.6 Å². The molecule has 0 aliphatic rings. The molecule has 0 saturated heterocycles. The predicted molar refractivity (Wildman–Crippen MR) is 98.7 cm³/mol. The second-order valence-electron chi connectivity index (χ2n) is 5.90. The van der Waals surface area contributed by atoms with E-state index in [1.807, 2.05) is 12.1 Å². The van der Waals surface area contributed by atoms with Gasteiger partial charge in [0, 0.05) is 25.5 Å². The van der Waals surface area contributed by atoms with Crippen molar-refractivity contribution < 1.29 is 13.6 Å². The SMILES string of the molecule is Cn1nc(-c2ccc(C(=O)NCc3cccc(Cl)c3)s2)cc1C(C)(F)F. The average molecular weight is 396 g/mol. The monoisotopic (exact) mass is 395 g/mol. The summed E-state index contributed by atoms with van der Waals surface area (Å²) in [5.41, 5.74) is 1.14. The van der Waals surface area contributed by atoms with E-state index in [4.69, 9.17) is 11.6 Å². The number of nitrogens with zero attached hydrogens (tertiary/aromatic N) is 2. The number of hydrogen-bond acceptors (Lipinski definition) is 3. The van der Waals surface area contributed by atoms with Crippen molar-refractivity contribution in [2.24, 2.45) is 7.05 Å². The number of aromatic nitrogens is 2. The molecule has 2 aromatic heterocycles. The Hall–Kier alpha value is -2.25. The Morgan fingerprint density at radius 2 is 2.08 bits per heavy atom. The van der Waals surface area contributed by atoms with E-state index in [0.717, 1.165) is 17.2 Å². The molecular formula is C18H16ClF2N3OS. The molecule has 0 radical (unpaired) electrons. The first kappa shape index (κ1) is 18.5. The molecule has 1 N–H and O–H groups in total. The van der Waals surface area contributed by atoms with Crippen LogP contribution in [0.3, 0.4) is 0 Å². The molecule has 8 heteroatoms. The van der Waals surface area contributed by atoms with Crippen LogP contribution in [-0.2, 0) is 19.5 Å². The molecule has 2 heterocycles. The second-order valence-corrected chi connectivity index (χ2v) is 7.42. The van der Waals surface area contributed by atoms with E-state index in [9.17, 15) is 13.6 Å². The minimum atomic E-state index is -2.98. The van der Waals surface area contributed by atoms with Crippen LogP contribution in [0.5, 0.6) is 0 Å². The fourth-order valence-corrected chi connectivity index (χ4v) is 3.60. The van der Waals surface area contributed by atoms with Crippen LogP contribution < -0.4 is 5.32 Å². The van der Waals surface area contributed by atoms with E-state index in [-0.39, 0.29) is 11.6 Å². The number of aryl methyl sites for hydroxylation is 1. The highest BCUT2D eigenvalue weighted by Crippen LogP contribution is 2.33. The Morgan fingerprint density at radius 1 is 1.31 bits per heavy atom. The number of hydrogen-bond donors (Lipinski definition) is 1. The van der Waals surface area contributed by atoms with E-state index >= 15 is 0 Å². The number of carbonyl (C=O) groups is 1. The van der Waals surface area contributed by atoms with Crippen LogP contribution in [-0.4, -0.2) is 15.7 Å². The lowest BCUT2D eigenvalue weighted by molar-refractivity contribution is 0.00882. The lowest BCUT2D eigenvalue weighted by atomic mass is 10.2. The first-order valence-electron chi connectivity index (χ1n) is 7.79. The maximum absolute atomic E-state index is 13.5. The van der Waals surface area contributed by atoms with Crippen molar-refractivity contribution in [2.45, 2.75) is 19.4 Å². The Bertz CT molecular complexity index is 946. The summed E-state index contributed by atoms with van der Waals surface area (Å²) in [6.45, 7) is 1.18. The molecule has 0 aliphatic carbocycles. The van der Waals surface area contributed by atoms with Gasteiger partial charge in [0.1, 0.15) is 11.4 Å². The standard InChI is InChI=1S/C18H16ClF2N3OS/c1-18(20,21)16-9-13(23-24(16)2)14-6-7-15(26-14)17(25)22-10-11-4-3-5-12(19)8-11/h3-9H,10H2,1-2H3,(H,22,25). The summed E-state index contributed by atoms with van der Waals surface area (Å²) < 4.78 is 28.2. The van der Waals surface area contributed by atoms with Gasteiger partial charge >= 0.3 is 0 Å². The zero-order valence-electron chi connectivity index (χ0n) is 14.1. The molecule has 0 unspecified atom stereocenters. The molecule has 0 atom stereocenters. The highest BCUT2D eigenvalue weighted by Gasteiger charge is 2.29. The molecule has 3 aromatic rings. The van der Waals surface area contributed by atoms with Crippen LogP contribution in [0.25, 0.3) is 10.6 Å². The second kappa shape index (κ2) is 7.17. The van der Waals surface area contributed by atoms with Crippen molar-refractivity contribution in [2.75, 3.05) is 0 Å². The maximum atomic E-state index is 13.5. The molecule has 3 rings (SSSR count). The third-order valence-electron chi connectivity index (χ3n) is 3.75. The summed E-state index contributed by atoms with van der Waals surface area (Å²) in [5, 5.41) is 7.54. The average Bonchev–Trinajstić information content (AvgIpc) is 3.19. The van der Waals surface area contributed by atoms with Crippen molar-refractivity contribution in [3.63, 3.8) is 0 Å². The number of rotatable bonds is 5. The molecule has 0 saturated carbocycles. The molecular weight excluding hydrogens is 380 g/mol. The number of amides is 1. The third-order valence-corrected chi connectivity index (χ3v) is 5.10. The van der Waals surface area contributed by atoms with Crippen LogP contribution in [0, 0.1) is 0 Å². The highest BCUT2D eigenvalue weighted by molar-refractivity contribution is 7.17. The number of nitrogens with one attached hydrogen (secondary N) is 1. The van der Waals surface area contributed by atoms with E-state index < -0.39 is 5.92 Å². The largest absolute Gasteiger partial charge is 0.347 e. The molecule has 0 bridgehead atoms. The van der Waals surface area contributed by atoms with E-state index in [1.54, 1.807) is 24.3 Å². The Morgan fingerprint density at radius 3 is 2.73 bits per heavy atom. The fraction of sp³-hybridized carbons (Fsp3) is 0.222. The van der Waals surface area contributed by atoms with Crippen molar-refractivity contribution in [1.29, 1.82) is 0 Å². The zero-order valence-corrected chi connectivity index (χ0v) is 15.7. The summed E-state index contributed by atoms with van der Waals surface area (Å²) >= 11 is 7.13.